The summed E-state index contributed by atoms with van der Waals surface area (Å²) in [5.74, 6) is 6.48. The summed E-state index contributed by atoms with van der Waals surface area (Å²) in [6, 6.07) is 12.8. The predicted molar refractivity (Wildman–Crippen MR) is 107 cm³/mol. The van der Waals surface area contributed by atoms with Gasteiger partial charge in [-0.3, -0.25) is 4.79 Å². The van der Waals surface area contributed by atoms with Crippen molar-refractivity contribution < 1.29 is 22.8 Å². The molecule has 0 aromatic heterocycles. The summed E-state index contributed by atoms with van der Waals surface area (Å²) in [6.45, 7) is -3.67. The Bertz CT molecular complexity index is 990. The molecule has 2 aromatic rings. The van der Waals surface area contributed by atoms with Gasteiger partial charge in [0.05, 0.1) is 0 Å². The number of carbonyl (C=O) groups excluding carboxylic acids is 2. The lowest BCUT2D eigenvalue weighted by atomic mass is 9.97. The minimum atomic E-state index is -3.67. The molecule has 3 amide bonds. The summed E-state index contributed by atoms with van der Waals surface area (Å²) < 4.78 is 29.0. The molecule has 0 saturated heterocycles. The molecule has 0 radical (unpaired) electrons. The van der Waals surface area contributed by atoms with E-state index in [4.69, 9.17) is 5.73 Å². The Morgan fingerprint density at radius 2 is 1.70 bits per heavy atom. The number of anilines is 1. The summed E-state index contributed by atoms with van der Waals surface area (Å²) in [6.07, 6.45) is 3.02. The largest absolute Gasteiger partial charge is 0.379 e. The van der Waals surface area contributed by atoms with Gasteiger partial charge in [-0.1, -0.05) is 36.1 Å². The van der Waals surface area contributed by atoms with Crippen LogP contribution in [0.5, 0.6) is 0 Å². The fraction of sp³-hybridized carbons (Fsp3) is 0.273. The highest BCUT2D eigenvalue weighted by Gasteiger charge is 2.24. The van der Waals surface area contributed by atoms with E-state index in [0.29, 0.717) is 17.9 Å². The lowest BCUT2D eigenvalue weighted by molar-refractivity contribution is 0.00818. The predicted octanol–water partition coefficient (Wildman–Crippen LogP) is 4.14. The van der Waals surface area contributed by atoms with Crippen molar-refractivity contribution >= 4 is 17.6 Å². The Morgan fingerprint density at radius 3 is 2.30 bits per heavy atom. The van der Waals surface area contributed by atoms with Crippen molar-refractivity contribution in [1.82, 2.24) is 5.32 Å². The fourth-order valence-electron chi connectivity index (χ4n) is 3.01. The molecular weight excluding hydrogens is 395 g/mol. The molecule has 4 rings (SSSR count). The van der Waals surface area contributed by atoms with Crippen molar-refractivity contribution in [3.05, 3.63) is 64.7 Å². The van der Waals surface area contributed by atoms with Crippen LogP contribution in [0.3, 0.4) is 0 Å². The molecule has 2 aliphatic rings. The van der Waals surface area contributed by atoms with Crippen LogP contribution in [0.1, 0.15) is 45.9 Å². The maximum atomic E-state index is 11.9. The molecular formula is C22H20F3N3O2. The number of alkyl halides is 3. The maximum absolute atomic E-state index is 11.9. The van der Waals surface area contributed by atoms with Crippen LogP contribution in [0.25, 0.3) is 0 Å². The third-order valence-corrected chi connectivity index (χ3v) is 4.61. The number of primary amides is 1. The average molecular weight is 415 g/mol. The number of benzene rings is 2. The van der Waals surface area contributed by atoms with E-state index in [1.54, 1.807) is 12.1 Å². The molecule has 4 N–H and O–H groups in total. The van der Waals surface area contributed by atoms with E-state index in [9.17, 15) is 22.8 Å². The molecule has 0 spiro atoms. The molecule has 1 fully saturated rings. The second kappa shape index (κ2) is 9.35. The van der Waals surface area contributed by atoms with E-state index in [1.807, 2.05) is 30.3 Å². The first-order chi connectivity index (χ1) is 14.3. The molecule has 1 atom stereocenters. The molecule has 1 aliphatic carbocycles. The molecule has 8 heteroatoms. The van der Waals surface area contributed by atoms with E-state index < -0.39 is 12.6 Å². The number of nitrogens with two attached hydrogens (primary N) is 1. The summed E-state index contributed by atoms with van der Waals surface area (Å²) in [5.41, 5.74) is 9.70. The lowest BCUT2D eigenvalue weighted by Crippen LogP contribution is -2.37. The zero-order chi connectivity index (χ0) is 21.7. The fourth-order valence-corrected chi connectivity index (χ4v) is 3.01. The van der Waals surface area contributed by atoms with E-state index in [2.05, 4.69) is 22.5 Å². The van der Waals surface area contributed by atoms with Gasteiger partial charge in [-0.15, -0.1) is 0 Å². The van der Waals surface area contributed by atoms with Crippen LogP contribution in [-0.2, 0) is 6.42 Å². The Balaban J connectivity index is 0.000000589. The zero-order valence-electron chi connectivity index (χ0n) is 15.9. The van der Waals surface area contributed by atoms with Crippen molar-refractivity contribution in [3.8, 4) is 11.8 Å². The van der Waals surface area contributed by atoms with Gasteiger partial charge in [-0.2, -0.15) is 13.2 Å². The van der Waals surface area contributed by atoms with Crippen molar-refractivity contribution in [2.24, 2.45) is 11.7 Å². The van der Waals surface area contributed by atoms with Crippen molar-refractivity contribution in [3.63, 3.8) is 0 Å². The van der Waals surface area contributed by atoms with Crippen LogP contribution in [0.15, 0.2) is 42.5 Å². The van der Waals surface area contributed by atoms with Gasteiger partial charge in [0.2, 0.25) is 5.91 Å². The molecule has 1 saturated carbocycles. The number of fused-ring (bicyclic) bond motifs is 1. The van der Waals surface area contributed by atoms with Gasteiger partial charge in [0.1, 0.15) is 6.04 Å². The first kappa shape index (κ1) is 21.2. The molecule has 30 heavy (non-hydrogen) atoms. The number of nitrogens with one attached hydrogen (secondary N) is 2. The third-order valence-electron chi connectivity index (χ3n) is 4.61. The van der Waals surface area contributed by atoms with Crippen LogP contribution < -0.4 is 16.4 Å². The smallest absolute Gasteiger partial charge is 0.366 e. The number of hydrogen-bond acceptors (Lipinski definition) is 2. The molecule has 1 heterocycles. The topological polar surface area (TPSA) is 84.2 Å². The molecule has 156 valence electrons. The number of amides is 3. The standard InChI is InChI=1S/C21H19N3O2.CHF3/c22-20(25)16-7-3-14(4-8-16)11-15-5-9-17-18(10-6-13-1-2-13)23-21(26)24-19(17)12-15;2-1(3)4/h3-5,7-9,12-13,18H,1-2,11H2,(H2,22,25)(H2,23,24,26);1H/t18-;/m0./s1. The van der Waals surface area contributed by atoms with Gasteiger partial charge in [-0.25, -0.2) is 4.79 Å². The Kier molecular flexibility index (Phi) is 6.62. The SMILES string of the molecule is FC(F)F.NC(=O)c1ccc(Cc2ccc3c(c2)NC(=O)N[C@H]3C#CC2CC2)cc1. The molecule has 0 bridgehead atoms. The van der Waals surface area contributed by atoms with Crippen molar-refractivity contribution in [2.75, 3.05) is 5.32 Å². The quantitative estimate of drug-likeness (QED) is 0.658. The second-order valence-electron chi connectivity index (χ2n) is 7.00. The first-order valence-electron chi connectivity index (χ1n) is 9.34. The first-order valence-corrected chi connectivity index (χ1v) is 9.34. The van der Waals surface area contributed by atoms with Crippen LogP contribution in [0.2, 0.25) is 0 Å². The van der Waals surface area contributed by atoms with Crippen LogP contribution in [-0.4, -0.2) is 18.6 Å². The average Bonchev–Trinajstić information content (AvgIpc) is 3.50. The van der Waals surface area contributed by atoms with Gasteiger partial charge >= 0.3 is 12.7 Å². The Hall–Kier alpha value is -3.47. The van der Waals surface area contributed by atoms with Gasteiger partial charge in [0, 0.05) is 22.7 Å². The van der Waals surface area contributed by atoms with Gasteiger partial charge < -0.3 is 16.4 Å². The number of hydrogen-bond donors (Lipinski definition) is 3. The summed E-state index contributed by atoms with van der Waals surface area (Å²) >= 11 is 0. The van der Waals surface area contributed by atoms with Crippen LogP contribution >= 0.6 is 0 Å². The number of rotatable bonds is 3. The Morgan fingerprint density at radius 1 is 1.07 bits per heavy atom. The molecule has 2 aromatic carbocycles. The summed E-state index contributed by atoms with van der Waals surface area (Å²) in [4.78, 5) is 23.1. The minimum Gasteiger partial charge on any atom is -0.366 e. The minimum absolute atomic E-state index is 0.226. The summed E-state index contributed by atoms with van der Waals surface area (Å²) in [5, 5.41) is 5.74. The number of halogens is 3. The zero-order valence-corrected chi connectivity index (χ0v) is 15.9. The maximum Gasteiger partial charge on any atom is 0.379 e. The van der Waals surface area contributed by atoms with Crippen molar-refractivity contribution in [2.45, 2.75) is 32.0 Å². The monoisotopic (exact) mass is 415 g/mol. The van der Waals surface area contributed by atoms with Crippen LogP contribution in [0, 0.1) is 17.8 Å². The van der Waals surface area contributed by atoms with E-state index in [-0.39, 0.29) is 12.1 Å². The molecule has 5 nitrogen and oxygen atoms in total. The normalized spacial score (nSPS) is 16.8. The number of urea groups is 1. The van der Waals surface area contributed by atoms with Gasteiger partial charge in [-0.05, 0) is 48.6 Å². The van der Waals surface area contributed by atoms with Crippen molar-refractivity contribution in [1.29, 1.82) is 0 Å². The van der Waals surface area contributed by atoms with E-state index in [0.717, 1.165) is 35.2 Å². The third kappa shape index (κ3) is 6.01. The highest BCUT2D eigenvalue weighted by Crippen LogP contribution is 2.31. The van der Waals surface area contributed by atoms with E-state index in [1.165, 1.54) is 0 Å². The Labute approximate surface area is 171 Å². The van der Waals surface area contributed by atoms with Gasteiger partial charge in [0.15, 0.2) is 0 Å². The number of carbonyl (C=O) groups is 2. The lowest BCUT2D eigenvalue weighted by Gasteiger charge is -2.24. The highest BCUT2D eigenvalue weighted by atomic mass is 19.4. The van der Waals surface area contributed by atoms with Crippen LogP contribution in [0.4, 0.5) is 23.7 Å². The second-order valence-corrected chi connectivity index (χ2v) is 7.00. The van der Waals surface area contributed by atoms with Gasteiger partial charge in [0.25, 0.3) is 0 Å². The summed E-state index contributed by atoms with van der Waals surface area (Å²) in [7, 11) is 0. The van der Waals surface area contributed by atoms with E-state index >= 15 is 0 Å². The molecule has 0 unspecified atom stereocenters. The molecule has 1 aliphatic heterocycles. The highest BCUT2D eigenvalue weighted by molar-refractivity contribution is 5.94.